The van der Waals surface area contributed by atoms with Crippen molar-refractivity contribution in [3.8, 4) is 5.75 Å². The zero-order chi connectivity index (χ0) is 22.1. The molecule has 1 atom stereocenters. The van der Waals surface area contributed by atoms with Crippen molar-refractivity contribution in [1.29, 1.82) is 0 Å². The number of para-hydroxylation sites is 2. The molecular weight excluding hydrogens is 400 g/mol. The van der Waals surface area contributed by atoms with Gasteiger partial charge < -0.3 is 15.0 Å². The molecule has 0 saturated heterocycles. The number of rotatable bonds is 4. The number of benzene rings is 2. The lowest BCUT2D eigenvalue weighted by Crippen LogP contribution is -2.64. The highest BCUT2D eigenvalue weighted by Crippen LogP contribution is 2.52. The Hall–Kier alpha value is -2.82. The van der Waals surface area contributed by atoms with Gasteiger partial charge in [0.2, 0.25) is 5.91 Å². The zero-order valence-corrected chi connectivity index (χ0v) is 18.8. The summed E-state index contributed by atoms with van der Waals surface area (Å²) in [5.41, 5.74) is 1.79. The highest BCUT2D eigenvalue weighted by atomic mass is 16.5. The van der Waals surface area contributed by atoms with Gasteiger partial charge in [0.05, 0.1) is 24.3 Å². The van der Waals surface area contributed by atoms with E-state index in [1.807, 2.05) is 48.5 Å². The summed E-state index contributed by atoms with van der Waals surface area (Å²) in [5.74, 6) is 0.337. The molecule has 1 heterocycles. The van der Waals surface area contributed by atoms with Crippen molar-refractivity contribution in [2.45, 2.75) is 75.3 Å². The number of anilines is 1. The van der Waals surface area contributed by atoms with Gasteiger partial charge in [-0.25, -0.2) is 0 Å². The third-order valence-corrected chi connectivity index (χ3v) is 7.77. The third-order valence-electron chi connectivity index (χ3n) is 7.77. The molecule has 2 aliphatic carbocycles. The number of nitrogens with one attached hydrogen (secondary N) is 1. The quantitative estimate of drug-likeness (QED) is 0.692. The fourth-order valence-electron chi connectivity index (χ4n) is 6.43. The van der Waals surface area contributed by atoms with Crippen LogP contribution in [0.3, 0.4) is 0 Å². The molecule has 0 bridgehead atoms. The lowest BCUT2D eigenvalue weighted by Gasteiger charge is -2.56. The molecule has 1 aliphatic heterocycles. The van der Waals surface area contributed by atoms with E-state index in [2.05, 4.69) is 10.2 Å². The lowest BCUT2D eigenvalue weighted by molar-refractivity contribution is -0.123. The predicted molar refractivity (Wildman–Crippen MR) is 125 cm³/mol. The monoisotopic (exact) mass is 432 g/mol. The summed E-state index contributed by atoms with van der Waals surface area (Å²) in [6.07, 6.45) is 9.42. The molecule has 5 heteroatoms. The maximum absolute atomic E-state index is 14.0. The van der Waals surface area contributed by atoms with Gasteiger partial charge in [-0.05, 0) is 49.4 Å². The number of fused-ring (bicyclic) bond motifs is 1. The number of ether oxygens (including phenoxy) is 1. The summed E-state index contributed by atoms with van der Waals surface area (Å²) in [4.78, 5) is 30.1. The van der Waals surface area contributed by atoms with Crippen LogP contribution in [0.25, 0.3) is 0 Å². The summed E-state index contributed by atoms with van der Waals surface area (Å²) in [5, 5.41) is 3.17. The van der Waals surface area contributed by atoms with E-state index in [0.29, 0.717) is 17.0 Å². The van der Waals surface area contributed by atoms with Crippen LogP contribution in [0.1, 0.15) is 79.6 Å². The van der Waals surface area contributed by atoms with E-state index in [1.165, 1.54) is 0 Å². The number of carbonyl (C=O) groups is 2. The van der Waals surface area contributed by atoms with Gasteiger partial charge in [-0.3, -0.25) is 9.59 Å². The van der Waals surface area contributed by atoms with Gasteiger partial charge in [0.1, 0.15) is 5.75 Å². The third kappa shape index (κ3) is 3.39. The van der Waals surface area contributed by atoms with Crippen molar-refractivity contribution in [2.24, 2.45) is 0 Å². The summed E-state index contributed by atoms with van der Waals surface area (Å²) in [6.45, 7) is 0. The van der Waals surface area contributed by atoms with Gasteiger partial charge >= 0.3 is 0 Å². The minimum atomic E-state index is -0.454. The van der Waals surface area contributed by atoms with Crippen LogP contribution in [0.2, 0.25) is 0 Å². The van der Waals surface area contributed by atoms with Crippen LogP contribution in [-0.4, -0.2) is 35.4 Å². The molecule has 0 unspecified atom stereocenters. The average molecular weight is 433 g/mol. The molecular formula is C27H32N2O3. The van der Waals surface area contributed by atoms with Crippen molar-refractivity contribution in [3.05, 3.63) is 59.7 Å². The minimum Gasteiger partial charge on any atom is -0.495 e. The highest BCUT2D eigenvalue weighted by molar-refractivity contribution is 6.05. The molecule has 5 nitrogen and oxygen atoms in total. The number of methoxy groups -OCH3 is 1. The fourth-order valence-corrected chi connectivity index (χ4v) is 6.43. The maximum atomic E-state index is 14.0. The second kappa shape index (κ2) is 8.61. The Balaban J connectivity index is 1.62. The highest BCUT2D eigenvalue weighted by Gasteiger charge is 2.56. The van der Waals surface area contributed by atoms with Gasteiger partial charge in [0, 0.05) is 11.6 Å². The normalized spacial score (nSPS) is 22.6. The van der Waals surface area contributed by atoms with Crippen LogP contribution in [0, 0.1) is 0 Å². The summed E-state index contributed by atoms with van der Waals surface area (Å²) in [6, 6.07) is 15.5. The summed E-state index contributed by atoms with van der Waals surface area (Å²) in [7, 11) is 1.62. The topological polar surface area (TPSA) is 58.6 Å². The maximum Gasteiger partial charge on any atom is 0.254 e. The number of hydrogen-bond donors (Lipinski definition) is 1. The molecule has 3 aliphatic rings. The molecule has 1 spiro atoms. The van der Waals surface area contributed by atoms with E-state index in [1.54, 1.807) is 7.11 Å². The molecule has 32 heavy (non-hydrogen) atoms. The van der Waals surface area contributed by atoms with Crippen molar-refractivity contribution in [3.63, 3.8) is 0 Å². The second-order valence-corrected chi connectivity index (χ2v) is 9.49. The van der Waals surface area contributed by atoms with E-state index < -0.39 is 5.54 Å². The van der Waals surface area contributed by atoms with Crippen molar-refractivity contribution in [2.75, 3.05) is 12.4 Å². The SMILES string of the molecule is COc1ccccc1NC(=O)[C@@H]1c2ccccc2C(=O)N(C2CCCC2)C12CCCCC2. The minimum absolute atomic E-state index is 0.0423. The molecule has 168 valence electrons. The Kier molecular flexibility index (Phi) is 5.66. The molecule has 2 fully saturated rings. The van der Waals surface area contributed by atoms with Crippen LogP contribution < -0.4 is 10.1 Å². The Morgan fingerprint density at radius 1 is 0.969 bits per heavy atom. The Labute approximate surface area is 190 Å². The van der Waals surface area contributed by atoms with Crippen LogP contribution in [0.4, 0.5) is 5.69 Å². The number of hydrogen-bond acceptors (Lipinski definition) is 3. The summed E-state index contributed by atoms with van der Waals surface area (Å²) >= 11 is 0. The van der Waals surface area contributed by atoms with Gasteiger partial charge in [-0.15, -0.1) is 0 Å². The van der Waals surface area contributed by atoms with Crippen LogP contribution in [0.5, 0.6) is 5.75 Å². The predicted octanol–water partition coefficient (Wildman–Crippen LogP) is 5.52. The van der Waals surface area contributed by atoms with Crippen molar-refractivity contribution >= 4 is 17.5 Å². The van der Waals surface area contributed by atoms with E-state index >= 15 is 0 Å². The molecule has 1 N–H and O–H groups in total. The van der Waals surface area contributed by atoms with Crippen LogP contribution >= 0.6 is 0 Å². The van der Waals surface area contributed by atoms with Crippen LogP contribution in [-0.2, 0) is 4.79 Å². The Bertz CT molecular complexity index is 1010. The largest absolute Gasteiger partial charge is 0.495 e. The average Bonchev–Trinajstić information content (AvgIpc) is 3.34. The van der Waals surface area contributed by atoms with Crippen LogP contribution in [0.15, 0.2) is 48.5 Å². The zero-order valence-electron chi connectivity index (χ0n) is 18.8. The molecule has 0 radical (unpaired) electrons. The molecule has 0 aromatic heterocycles. The van der Waals surface area contributed by atoms with Gasteiger partial charge in [-0.1, -0.05) is 62.4 Å². The molecule has 2 saturated carbocycles. The van der Waals surface area contributed by atoms with E-state index in [4.69, 9.17) is 4.74 Å². The van der Waals surface area contributed by atoms with Gasteiger partial charge in [0.15, 0.2) is 0 Å². The van der Waals surface area contributed by atoms with Gasteiger partial charge in [-0.2, -0.15) is 0 Å². The first kappa shape index (κ1) is 21.0. The smallest absolute Gasteiger partial charge is 0.254 e. The Morgan fingerprint density at radius 2 is 1.66 bits per heavy atom. The standard InChI is InChI=1S/C27H32N2O3/c1-32-23-16-8-7-15-22(23)28-25(30)24-20-13-5-6-14-21(20)26(31)29(19-11-3-4-12-19)27(24)17-9-2-10-18-27/h5-8,13-16,19,24H,2-4,9-12,17-18H2,1H3,(H,28,30)/t24-/m0/s1. The molecule has 2 amide bonds. The molecule has 5 rings (SSSR count). The lowest BCUT2D eigenvalue weighted by atomic mass is 9.64. The van der Waals surface area contributed by atoms with Crippen molar-refractivity contribution < 1.29 is 14.3 Å². The first-order chi connectivity index (χ1) is 15.7. The molecule has 2 aromatic rings. The molecule has 2 aromatic carbocycles. The summed E-state index contributed by atoms with van der Waals surface area (Å²) < 4.78 is 5.48. The first-order valence-corrected chi connectivity index (χ1v) is 12.0. The number of nitrogens with zero attached hydrogens (tertiary/aromatic N) is 1. The van der Waals surface area contributed by atoms with Gasteiger partial charge in [0.25, 0.3) is 5.91 Å². The number of amides is 2. The second-order valence-electron chi connectivity index (χ2n) is 9.49. The first-order valence-electron chi connectivity index (χ1n) is 12.0. The van der Waals surface area contributed by atoms with E-state index in [9.17, 15) is 9.59 Å². The van der Waals surface area contributed by atoms with E-state index in [-0.39, 0.29) is 23.8 Å². The number of carbonyl (C=O) groups excluding carboxylic acids is 2. The van der Waals surface area contributed by atoms with Crippen molar-refractivity contribution in [1.82, 2.24) is 4.90 Å². The van der Waals surface area contributed by atoms with E-state index in [0.717, 1.165) is 63.4 Å². The fraction of sp³-hybridized carbons (Fsp3) is 0.481. The Morgan fingerprint density at radius 3 is 2.41 bits per heavy atom.